The van der Waals surface area contributed by atoms with E-state index in [9.17, 15) is 0 Å². The van der Waals surface area contributed by atoms with Crippen LogP contribution in [0.15, 0.2) is 261 Å². The topological polar surface area (TPSA) is 103 Å². The largest absolute Gasteiger partial charge is 0.256 e. The fraction of sp³-hybridized carbons (Fsp3) is 0.163. The van der Waals surface area contributed by atoms with Crippen LogP contribution in [0.4, 0.5) is 0 Å². The van der Waals surface area contributed by atoms with Crippen LogP contribution in [0.5, 0.6) is 0 Å². The highest BCUT2D eigenvalue weighted by Gasteiger charge is 2.45. The van der Waals surface area contributed by atoms with E-state index in [0.717, 1.165) is 113 Å². The highest BCUT2D eigenvalue weighted by Crippen LogP contribution is 2.53. The molecular formula is C86H70N8. The predicted octanol–water partition coefficient (Wildman–Crippen LogP) is 21.0. The Balaban J connectivity index is 0.708. The maximum Gasteiger partial charge on any atom is 0.164 e. The Morgan fingerprint density at radius 1 is 0.277 bits per heavy atom. The Kier molecular flexibility index (Phi) is 14.0. The van der Waals surface area contributed by atoms with Gasteiger partial charge in [-0.05, 0) is 145 Å². The first-order valence-corrected chi connectivity index (χ1v) is 32.7. The highest BCUT2D eigenvalue weighted by molar-refractivity contribution is 5.96. The van der Waals surface area contributed by atoms with Gasteiger partial charge in [-0.25, -0.2) is 29.9 Å². The van der Waals surface area contributed by atoms with Crippen molar-refractivity contribution in [1.29, 1.82) is 0 Å². The van der Waals surface area contributed by atoms with Gasteiger partial charge in [0.2, 0.25) is 0 Å². The molecule has 1 atom stereocenters. The van der Waals surface area contributed by atoms with Gasteiger partial charge in [-0.1, -0.05) is 255 Å². The number of para-hydroxylation sites is 2. The molecule has 0 saturated carbocycles. The number of hydrogen-bond donors (Lipinski definition) is 0. The average Bonchev–Trinajstić information content (AvgIpc) is 1.95. The molecule has 10 aromatic carbocycles. The van der Waals surface area contributed by atoms with Gasteiger partial charge in [0.15, 0.2) is 34.9 Å². The van der Waals surface area contributed by atoms with Crippen LogP contribution in [0.25, 0.3) is 135 Å². The van der Waals surface area contributed by atoms with Gasteiger partial charge in [0.25, 0.3) is 0 Å². The number of nitrogens with zero attached hydrogens (tertiary/aromatic N) is 8. The summed E-state index contributed by atoms with van der Waals surface area (Å²) in [7, 11) is 0. The molecule has 0 bridgehead atoms. The molecule has 8 nitrogen and oxygen atoms in total. The van der Waals surface area contributed by atoms with Gasteiger partial charge in [-0.15, -0.1) is 0 Å². The lowest BCUT2D eigenvalue weighted by molar-refractivity contribution is 0.374. The first-order chi connectivity index (χ1) is 45.6. The summed E-state index contributed by atoms with van der Waals surface area (Å²) in [6.07, 6.45) is 6.84. The summed E-state index contributed by atoms with van der Waals surface area (Å²) < 4.78 is 0. The van der Waals surface area contributed by atoms with E-state index in [4.69, 9.17) is 39.9 Å². The fourth-order valence-corrected chi connectivity index (χ4v) is 15.6. The van der Waals surface area contributed by atoms with Crippen molar-refractivity contribution < 1.29 is 0 Å². The second-order valence-corrected chi connectivity index (χ2v) is 28.0. The van der Waals surface area contributed by atoms with E-state index >= 15 is 0 Å². The van der Waals surface area contributed by atoms with Crippen LogP contribution < -0.4 is 0 Å². The smallest absolute Gasteiger partial charge is 0.164 e. The Hall–Kier alpha value is -11.0. The van der Waals surface area contributed by atoms with Crippen molar-refractivity contribution >= 4 is 21.8 Å². The lowest BCUT2D eigenvalue weighted by Crippen LogP contribution is -2.24. The molecule has 4 heterocycles. The number of benzene rings is 10. The molecule has 2 aliphatic rings. The lowest BCUT2D eigenvalue weighted by atomic mass is 9.76. The third-order valence-corrected chi connectivity index (χ3v) is 19.7. The van der Waals surface area contributed by atoms with Gasteiger partial charge in [-0.3, -0.25) is 9.97 Å². The molecule has 16 rings (SSSR count). The Morgan fingerprint density at radius 2 is 0.681 bits per heavy atom. The standard InChI is InChI=1S/C86H70N8/c1-83(2)52-84(3,4)73-48-64(39-41-71(73)83)80-91-78(61-35-31-57(32-36-61)55-20-11-8-12-21-55)89-79(92-80)62-37-33-58(34-38-62)69-29-18-27-63-44-54(51-88-76(63)69)50-86(7)53-85(5,6)74-49-65(40-42-72(74)86)81-90-77(60-24-15-10-16-25-60)93-82(94-81)68-46-66(56-22-13-9-14-23-56)45-67(47-68)70-30-17-26-59-28-19-43-87-75(59)70/h8-49,51H,50,52-53H2,1-7H3. The van der Waals surface area contributed by atoms with Crippen molar-refractivity contribution in [3.63, 3.8) is 0 Å². The molecule has 0 spiro atoms. The van der Waals surface area contributed by atoms with Crippen LogP contribution in [0.1, 0.15) is 89.1 Å². The molecule has 94 heavy (non-hydrogen) atoms. The van der Waals surface area contributed by atoms with Gasteiger partial charge >= 0.3 is 0 Å². The Morgan fingerprint density at radius 3 is 1.29 bits per heavy atom. The van der Waals surface area contributed by atoms with Gasteiger partial charge < -0.3 is 0 Å². The van der Waals surface area contributed by atoms with Crippen LogP contribution in [0.2, 0.25) is 0 Å². The van der Waals surface area contributed by atoms with E-state index in [2.05, 4.69) is 273 Å². The number of rotatable bonds is 12. The van der Waals surface area contributed by atoms with Crippen molar-refractivity contribution in [2.24, 2.45) is 0 Å². The maximum atomic E-state index is 5.38. The molecule has 0 aliphatic heterocycles. The van der Waals surface area contributed by atoms with Crippen molar-refractivity contribution in [3.8, 4) is 113 Å². The third kappa shape index (κ3) is 10.7. The van der Waals surface area contributed by atoms with E-state index in [0.29, 0.717) is 34.9 Å². The fourth-order valence-electron chi connectivity index (χ4n) is 15.6. The predicted molar refractivity (Wildman–Crippen MR) is 384 cm³/mol. The van der Waals surface area contributed by atoms with Crippen LogP contribution in [0, 0.1) is 0 Å². The zero-order chi connectivity index (χ0) is 63.9. The molecule has 0 fully saturated rings. The SMILES string of the molecule is CC1(C)CC(C)(C)c2cc(-c3nc(-c4ccc(-c5ccccc5)cc4)nc(-c4ccc(-c5cccc6cc(CC7(C)CC(C)(C)c8cc(-c9nc(-c%10ccccc%10)nc(-c%10cc(-c%11ccccc%11)cc(-c%11cccc%12cccnc%11%12)c%10)n9)ccc87)cnc56)cc4)n3)ccc21. The Bertz CT molecular complexity index is 5250. The first kappa shape index (κ1) is 58.1. The zero-order valence-corrected chi connectivity index (χ0v) is 54.0. The number of pyridine rings is 2. The molecular weight excluding hydrogens is 1150 g/mol. The molecule has 14 aromatic rings. The second kappa shape index (κ2) is 22.7. The normalized spacial score (nSPS) is 15.9. The van der Waals surface area contributed by atoms with E-state index in [-0.39, 0.29) is 21.7 Å². The summed E-state index contributed by atoms with van der Waals surface area (Å²) in [6.45, 7) is 16.6. The van der Waals surface area contributed by atoms with Crippen molar-refractivity contribution in [3.05, 3.63) is 289 Å². The highest BCUT2D eigenvalue weighted by atomic mass is 15.0. The van der Waals surface area contributed by atoms with Crippen molar-refractivity contribution in [1.82, 2.24) is 39.9 Å². The molecule has 0 amide bonds. The van der Waals surface area contributed by atoms with E-state index in [1.165, 1.54) is 33.4 Å². The minimum Gasteiger partial charge on any atom is -0.256 e. The van der Waals surface area contributed by atoms with Crippen LogP contribution in [-0.4, -0.2) is 39.9 Å². The number of fused-ring (bicyclic) bond motifs is 4. The molecule has 454 valence electrons. The number of hydrogen-bond acceptors (Lipinski definition) is 8. The minimum atomic E-state index is -0.168. The molecule has 0 saturated heterocycles. The summed E-state index contributed by atoms with van der Waals surface area (Å²) in [5, 5.41) is 2.19. The van der Waals surface area contributed by atoms with Gasteiger partial charge in [0, 0.05) is 67.7 Å². The van der Waals surface area contributed by atoms with Crippen molar-refractivity contribution in [2.45, 2.75) is 89.4 Å². The summed E-state index contributed by atoms with van der Waals surface area (Å²) >= 11 is 0. The average molecular weight is 1220 g/mol. The van der Waals surface area contributed by atoms with Gasteiger partial charge in [-0.2, -0.15) is 0 Å². The minimum absolute atomic E-state index is 0.0294. The van der Waals surface area contributed by atoms with Crippen LogP contribution in [0.3, 0.4) is 0 Å². The summed E-state index contributed by atoms with van der Waals surface area (Å²) in [5.74, 6) is 3.79. The summed E-state index contributed by atoms with van der Waals surface area (Å²) in [4.78, 5) is 41.7. The summed E-state index contributed by atoms with van der Waals surface area (Å²) in [6, 6.07) is 88.1. The lowest BCUT2D eigenvalue weighted by Gasteiger charge is -2.28. The molecule has 2 aliphatic carbocycles. The molecule has 0 radical (unpaired) electrons. The molecule has 0 N–H and O–H groups in total. The third-order valence-electron chi connectivity index (χ3n) is 19.7. The van der Waals surface area contributed by atoms with E-state index in [1.54, 1.807) is 0 Å². The van der Waals surface area contributed by atoms with Gasteiger partial charge in [0.05, 0.1) is 11.0 Å². The van der Waals surface area contributed by atoms with Crippen molar-refractivity contribution in [2.75, 3.05) is 0 Å². The Labute approximate surface area is 549 Å². The van der Waals surface area contributed by atoms with Crippen LogP contribution >= 0.6 is 0 Å². The maximum absolute atomic E-state index is 5.38. The van der Waals surface area contributed by atoms with E-state index < -0.39 is 0 Å². The second-order valence-electron chi connectivity index (χ2n) is 28.0. The van der Waals surface area contributed by atoms with Gasteiger partial charge in [0.1, 0.15) is 0 Å². The monoisotopic (exact) mass is 1210 g/mol. The first-order valence-electron chi connectivity index (χ1n) is 32.7. The number of aromatic nitrogens is 8. The summed E-state index contributed by atoms with van der Waals surface area (Å²) in [5.41, 5.74) is 22.7. The van der Waals surface area contributed by atoms with Crippen LogP contribution in [-0.2, 0) is 28.1 Å². The zero-order valence-electron chi connectivity index (χ0n) is 54.0. The quantitative estimate of drug-likeness (QED) is 0.119. The van der Waals surface area contributed by atoms with E-state index in [1.807, 2.05) is 36.5 Å². The molecule has 4 aromatic heterocycles. The molecule has 1 unspecified atom stereocenters. The molecule has 8 heteroatoms.